The molecule has 1 aromatic rings. The van der Waals surface area contributed by atoms with Crippen LogP contribution in [0.3, 0.4) is 0 Å². The van der Waals surface area contributed by atoms with Gasteiger partial charge in [0.2, 0.25) is 0 Å². The van der Waals surface area contributed by atoms with Gasteiger partial charge in [-0.3, -0.25) is 0 Å². The molecule has 2 nitrogen and oxygen atoms in total. The zero-order chi connectivity index (χ0) is 8.97. The maximum absolute atomic E-state index is 5.62. The fourth-order valence-corrected chi connectivity index (χ4v) is 3.13. The van der Waals surface area contributed by atoms with Gasteiger partial charge in [0.1, 0.15) is 5.82 Å². The van der Waals surface area contributed by atoms with Crippen molar-refractivity contribution in [1.82, 2.24) is 9.36 Å². The molecule has 0 saturated heterocycles. The van der Waals surface area contributed by atoms with E-state index in [-0.39, 0.29) is 0 Å². The maximum Gasteiger partial charge on any atom is 0.170 e. The first-order chi connectivity index (χ1) is 5.72. The molecule has 1 unspecified atom stereocenters. The largest absolute Gasteiger partial charge is 0.213 e. The SMILES string of the molecule is Cc1nsc(SC(C)CCCl)n1. The zero-order valence-corrected chi connectivity index (χ0v) is 9.47. The van der Waals surface area contributed by atoms with Gasteiger partial charge in [-0.2, -0.15) is 4.37 Å². The second-order valence-electron chi connectivity index (χ2n) is 2.51. The fourth-order valence-electron chi connectivity index (χ4n) is 0.711. The van der Waals surface area contributed by atoms with Crippen LogP contribution >= 0.6 is 34.9 Å². The van der Waals surface area contributed by atoms with Gasteiger partial charge in [0.25, 0.3) is 0 Å². The number of alkyl halides is 1. The average Bonchev–Trinajstić information content (AvgIpc) is 2.36. The Balaban J connectivity index is 2.41. The molecule has 1 rings (SSSR count). The molecule has 0 spiro atoms. The fraction of sp³-hybridized carbons (Fsp3) is 0.714. The molecule has 0 aromatic carbocycles. The lowest BCUT2D eigenvalue weighted by Gasteiger charge is -2.04. The third-order valence-electron chi connectivity index (χ3n) is 1.33. The lowest BCUT2D eigenvalue weighted by molar-refractivity contribution is 0.910. The van der Waals surface area contributed by atoms with E-state index in [0.717, 1.165) is 16.6 Å². The topological polar surface area (TPSA) is 25.8 Å². The molecule has 1 aromatic heterocycles. The van der Waals surface area contributed by atoms with Crippen LogP contribution in [0, 0.1) is 6.92 Å². The number of hydrogen-bond acceptors (Lipinski definition) is 4. The zero-order valence-electron chi connectivity index (χ0n) is 7.08. The number of nitrogens with zero attached hydrogens (tertiary/aromatic N) is 2. The van der Waals surface area contributed by atoms with Crippen LogP contribution in [0.5, 0.6) is 0 Å². The Hall–Kier alpha value is 0.200. The first kappa shape index (κ1) is 10.3. The van der Waals surface area contributed by atoms with E-state index >= 15 is 0 Å². The third kappa shape index (κ3) is 3.29. The van der Waals surface area contributed by atoms with Gasteiger partial charge in [-0.15, -0.1) is 11.6 Å². The van der Waals surface area contributed by atoms with Crippen LogP contribution in [0.4, 0.5) is 0 Å². The molecule has 0 aliphatic rings. The second-order valence-corrected chi connectivity index (χ2v) is 5.33. The Kier molecular flexibility index (Phi) is 4.32. The van der Waals surface area contributed by atoms with Crippen molar-refractivity contribution < 1.29 is 0 Å². The van der Waals surface area contributed by atoms with E-state index < -0.39 is 0 Å². The predicted molar refractivity (Wildman–Crippen MR) is 55.3 cm³/mol. The monoisotopic (exact) mass is 222 g/mol. The summed E-state index contributed by atoms with van der Waals surface area (Å²) >= 11 is 8.83. The minimum absolute atomic E-state index is 0.537. The molecule has 0 amide bonds. The quantitative estimate of drug-likeness (QED) is 0.579. The smallest absolute Gasteiger partial charge is 0.170 e. The van der Waals surface area contributed by atoms with Gasteiger partial charge in [-0.1, -0.05) is 18.7 Å². The van der Waals surface area contributed by atoms with Gasteiger partial charge in [0.05, 0.1) is 0 Å². The third-order valence-corrected chi connectivity index (χ3v) is 3.59. The number of aromatic nitrogens is 2. The molecule has 0 aliphatic heterocycles. The highest BCUT2D eigenvalue weighted by atomic mass is 35.5. The van der Waals surface area contributed by atoms with Crippen LogP contribution in [-0.4, -0.2) is 20.5 Å². The molecule has 1 heterocycles. The highest BCUT2D eigenvalue weighted by Gasteiger charge is 2.06. The normalized spacial score (nSPS) is 13.2. The Labute approximate surface area is 85.9 Å². The standard InChI is InChI=1S/C7H11ClN2S2/c1-5(3-4-8)11-7-9-6(2)10-12-7/h5H,3-4H2,1-2H3. The Morgan fingerprint density at radius 3 is 2.92 bits per heavy atom. The number of hydrogen-bond donors (Lipinski definition) is 0. The molecule has 0 aliphatic carbocycles. The van der Waals surface area contributed by atoms with E-state index in [2.05, 4.69) is 16.3 Å². The van der Waals surface area contributed by atoms with Crippen molar-refractivity contribution in [2.45, 2.75) is 29.9 Å². The summed E-state index contributed by atoms with van der Waals surface area (Å²) < 4.78 is 5.15. The summed E-state index contributed by atoms with van der Waals surface area (Å²) in [6.07, 6.45) is 1.02. The van der Waals surface area contributed by atoms with Gasteiger partial charge < -0.3 is 0 Å². The molecular weight excluding hydrogens is 212 g/mol. The summed E-state index contributed by atoms with van der Waals surface area (Å²) in [5.41, 5.74) is 0. The second kappa shape index (κ2) is 5.04. The predicted octanol–water partition coefficient (Wildman–Crippen LogP) is 2.96. The van der Waals surface area contributed by atoms with Crippen LogP contribution in [-0.2, 0) is 0 Å². The van der Waals surface area contributed by atoms with Gasteiger partial charge in [0, 0.05) is 11.1 Å². The summed E-state index contributed by atoms with van der Waals surface area (Å²) in [7, 11) is 0. The van der Waals surface area contributed by atoms with Gasteiger partial charge in [-0.05, 0) is 24.9 Å². The molecule has 12 heavy (non-hydrogen) atoms. The summed E-state index contributed by atoms with van der Waals surface area (Å²) in [4.78, 5) is 4.26. The number of rotatable bonds is 4. The number of halogens is 1. The van der Waals surface area contributed by atoms with Gasteiger partial charge in [-0.25, -0.2) is 4.98 Å². The average molecular weight is 223 g/mol. The summed E-state index contributed by atoms with van der Waals surface area (Å²) in [5, 5.41) is 0.537. The van der Waals surface area contributed by atoms with Crippen molar-refractivity contribution in [2.75, 3.05) is 5.88 Å². The molecule has 0 N–H and O–H groups in total. The van der Waals surface area contributed by atoms with E-state index in [1.54, 1.807) is 11.8 Å². The highest BCUT2D eigenvalue weighted by Crippen LogP contribution is 2.26. The first-order valence-electron chi connectivity index (χ1n) is 3.75. The van der Waals surface area contributed by atoms with Crippen LogP contribution in [0.2, 0.25) is 0 Å². The van der Waals surface area contributed by atoms with Crippen molar-refractivity contribution >= 4 is 34.9 Å². The molecule has 0 radical (unpaired) electrons. The molecule has 1 atom stereocenters. The summed E-state index contributed by atoms with van der Waals surface area (Å²) in [6.45, 7) is 4.07. The van der Waals surface area contributed by atoms with Gasteiger partial charge in [0.15, 0.2) is 4.34 Å². The summed E-state index contributed by atoms with van der Waals surface area (Å²) in [6, 6.07) is 0. The van der Waals surface area contributed by atoms with Crippen LogP contribution in [0.15, 0.2) is 4.34 Å². The van der Waals surface area contributed by atoms with Crippen molar-refractivity contribution in [3.63, 3.8) is 0 Å². The highest BCUT2D eigenvalue weighted by molar-refractivity contribution is 8.01. The van der Waals surface area contributed by atoms with Crippen molar-refractivity contribution in [1.29, 1.82) is 0 Å². The molecule has 5 heteroatoms. The van der Waals surface area contributed by atoms with Crippen LogP contribution < -0.4 is 0 Å². The van der Waals surface area contributed by atoms with E-state index in [1.165, 1.54) is 11.5 Å². The first-order valence-corrected chi connectivity index (χ1v) is 5.94. The van der Waals surface area contributed by atoms with E-state index in [1.807, 2.05) is 6.92 Å². The molecule has 0 saturated carbocycles. The van der Waals surface area contributed by atoms with E-state index in [0.29, 0.717) is 11.1 Å². The van der Waals surface area contributed by atoms with E-state index in [9.17, 15) is 0 Å². The number of thioether (sulfide) groups is 1. The molecular formula is C7H11ClN2S2. The minimum Gasteiger partial charge on any atom is -0.213 e. The van der Waals surface area contributed by atoms with Crippen LogP contribution in [0.25, 0.3) is 0 Å². The number of aryl methyl sites for hydroxylation is 1. The van der Waals surface area contributed by atoms with Crippen molar-refractivity contribution in [3.05, 3.63) is 5.82 Å². The molecule has 0 bridgehead atoms. The summed E-state index contributed by atoms with van der Waals surface area (Å²) in [5.74, 6) is 1.58. The Morgan fingerprint density at radius 1 is 1.67 bits per heavy atom. The van der Waals surface area contributed by atoms with Gasteiger partial charge >= 0.3 is 0 Å². The Morgan fingerprint density at radius 2 is 2.42 bits per heavy atom. The van der Waals surface area contributed by atoms with Crippen molar-refractivity contribution in [3.8, 4) is 0 Å². The Bertz CT molecular complexity index is 239. The lowest BCUT2D eigenvalue weighted by Crippen LogP contribution is -1.95. The lowest BCUT2D eigenvalue weighted by atomic mass is 10.4. The minimum atomic E-state index is 0.537. The maximum atomic E-state index is 5.62. The van der Waals surface area contributed by atoms with E-state index in [4.69, 9.17) is 11.6 Å². The molecule has 68 valence electrons. The van der Waals surface area contributed by atoms with Crippen molar-refractivity contribution in [2.24, 2.45) is 0 Å². The molecule has 0 fully saturated rings. The van der Waals surface area contributed by atoms with Crippen LogP contribution in [0.1, 0.15) is 19.2 Å².